The number of amides is 1. The number of carbonyl (C=O) groups is 1. The van der Waals surface area contributed by atoms with Crippen molar-refractivity contribution in [2.75, 3.05) is 12.4 Å². The Kier molecular flexibility index (Phi) is 7.37. The molecular weight excluding hydrogens is 483 g/mol. The Balaban J connectivity index is 1.75. The van der Waals surface area contributed by atoms with Gasteiger partial charge in [0.25, 0.3) is 5.91 Å². The Bertz CT molecular complexity index is 1230. The number of carbonyl (C=O) groups excluding carboxylic acids is 1. The lowest BCUT2D eigenvalue weighted by Crippen LogP contribution is -2.39. The molecule has 0 radical (unpaired) electrons. The van der Waals surface area contributed by atoms with Crippen LogP contribution in [0.15, 0.2) is 42.5 Å². The molecule has 0 bridgehead atoms. The van der Waals surface area contributed by atoms with Crippen LogP contribution in [-0.2, 0) is 12.7 Å². The third-order valence-electron chi connectivity index (χ3n) is 6.11. The van der Waals surface area contributed by atoms with Gasteiger partial charge in [-0.1, -0.05) is 35.9 Å². The number of ether oxygens (including phenoxy) is 1. The number of alkyl halides is 3. The first-order chi connectivity index (χ1) is 16.7. The minimum atomic E-state index is -4.85. The van der Waals surface area contributed by atoms with Gasteiger partial charge in [0.05, 0.1) is 35.0 Å². The molecule has 6 nitrogen and oxygen atoms in total. The monoisotopic (exact) mass is 507 g/mol. The van der Waals surface area contributed by atoms with E-state index in [1.165, 1.54) is 13.2 Å². The maximum Gasteiger partial charge on any atom is 0.434 e. The lowest BCUT2D eigenvalue weighted by Gasteiger charge is -2.27. The average Bonchev–Trinajstić information content (AvgIpc) is 2.82. The molecule has 0 spiro atoms. The molecule has 35 heavy (non-hydrogen) atoms. The molecule has 0 unspecified atom stereocenters. The number of nitrogens with one attached hydrogen (secondary N) is 2. The molecule has 10 heteroatoms. The standard InChI is InChI=1S/C25H25ClF3N3O3/c1-35-20-11-6-14(12-18(20)26)13-30-22-17-4-2-3-5-19(17)32-23(25(27,28)29)21(22)24(34)31-15-7-9-16(33)10-8-15/h2-6,11-12,15-16,33H,7-10,13H2,1H3,(H,30,32)(H,31,34). The number of halogens is 4. The fraction of sp³-hybridized carbons (Fsp3) is 0.360. The normalized spacial score (nSPS) is 18.3. The Morgan fingerprint density at radius 2 is 1.89 bits per heavy atom. The van der Waals surface area contributed by atoms with Gasteiger partial charge in [0, 0.05) is 18.0 Å². The number of hydrogen-bond acceptors (Lipinski definition) is 5. The van der Waals surface area contributed by atoms with Crippen molar-refractivity contribution in [3.05, 3.63) is 64.3 Å². The van der Waals surface area contributed by atoms with Crippen LogP contribution in [0.4, 0.5) is 18.9 Å². The summed E-state index contributed by atoms with van der Waals surface area (Å²) in [5.74, 6) is -0.381. The molecule has 1 aliphatic rings. The quantitative estimate of drug-likeness (QED) is 0.407. The highest BCUT2D eigenvalue weighted by atomic mass is 35.5. The first-order valence-electron chi connectivity index (χ1n) is 11.2. The van der Waals surface area contributed by atoms with E-state index >= 15 is 0 Å². The zero-order valence-corrected chi connectivity index (χ0v) is 19.7. The summed E-state index contributed by atoms with van der Waals surface area (Å²) in [7, 11) is 1.48. The second-order valence-corrected chi connectivity index (χ2v) is 8.93. The van der Waals surface area contributed by atoms with Crippen LogP contribution >= 0.6 is 11.6 Å². The molecule has 0 atom stereocenters. The molecule has 186 valence electrons. The van der Waals surface area contributed by atoms with Gasteiger partial charge in [-0.3, -0.25) is 4.79 Å². The SMILES string of the molecule is COc1ccc(CNc2c(C(=O)NC3CCC(O)CC3)c(C(F)(F)F)nc3ccccc23)cc1Cl. The summed E-state index contributed by atoms with van der Waals surface area (Å²) in [6.07, 6.45) is -3.36. The second-order valence-electron chi connectivity index (χ2n) is 8.53. The molecule has 1 amide bonds. The molecule has 0 saturated heterocycles. The number of aliphatic hydroxyl groups excluding tert-OH is 1. The summed E-state index contributed by atoms with van der Waals surface area (Å²) in [5.41, 5.74) is -0.949. The van der Waals surface area contributed by atoms with Crippen LogP contribution < -0.4 is 15.4 Å². The number of fused-ring (bicyclic) bond motifs is 1. The highest BCUT2D eigenvalue weighted by Crippen LogP contribution is 2.38. The van der Waals surface area contributed by atoms with E-state index in [0.717, 1.165) is 0 Å². The van der Waals surface area contributed by atoms with Crippen LogP contribution in [0.5, 0.6) is 5.75 Å². The maximum absolute atomic E-state index is 14.1. The van der Waals surface area contributed by atoms with Crippen LogP contribution in [0, 0.1) is 0 Å². The molecule has 1 aromatic heterocycles. The van der Waals surface area contributed by atoms with Crippen LogP contribution in [-0.4, -0.2) is 35.3 Å². The number of pyridine rings is 1. The summed E-state index contributed by atoms with van der Waals surface area (Å²) >= 11 is 6.20. The first kappa shape index (κ1) is 25.1. The van der Waals surface area contributed by atoms with Gasteiger partial charge in [0.1, 0.15) is 5.75 Å². The Labute approximate surface area is 205 Å². The first-order valence-corrected chi connectivity index (χ1v) is 11.6. The number of aromatic nitrogens is 1. The fourth-order valence-electron chi connectivity index (χ4n) is 4.31. The Hall–Kier alpha value is -3.04. The van der Waals surface area contributed by atoms with Crippen molar-refractivity contribution in [2.45, 2.75) is 50.6 Å². The number of hydrogen-bond donors (Lipinski definition) is 3. The van der Waals surface area contributed by atoms with Crippen LogP contribution in [0.3, 0.4) is 0 Å². The zero-order chi connectivity index (χ0) is 25.2. The smallest absolute Gasteiger partial charge is 0.434 e. The van der Waals surface area contributed by atoms with E-state index in [0.29, 0.717) is 47.4 Å². The predicted molar refractivity (Wildman–Crippen MR) is 128 cm³/mol. The molecule has 3 N–H and O–H groups in total. The van der Waals surface area contributed by atoms with Crippen molar-refractivity contribution in [3.8, 4) is 5.75 Å². The summed E-state index contributed by atoms with van der Waals surface area (Å²) in [6.45, 7) is 0.116. The van der Waals surface area contributed by atoms with Gasteiger partial charge in [-0.2, -0.15) is 13.2 Å². The van der Waals surface area contributed by atoms with Crippen molar-refractivity contribution in [1.29, 1.82) is 0 Å². The molecule has 1 heterocycles. The summed E-state index contributed by atoms with van der Waals surface area (Å²) < 4.78 is 47.5. The van der Waals surface area contributed by atoms with E-state index in [4.69, 9.17) is 16.3 Å². The van der Waals surface area contributed by atoms with E-state index in [1.54, 1.807) is 36.4 Å². The molecule has 0 aliphatic heterocycles. The highest BCUT2D eigenvalue weighted by Gasteiger charge is 2.40. The minimum absolute atomic E-state index is 0.0446. The van der Waals surface area contributed by atoms with Gasteiger partial charge in [0.15, 0.2) is 5.69 Å². The van der Waals surface area contributed by atoms with Gasteiger partial charge >= 0.3 is 6.18 Å². The topological polar surface area (TPSA) is 83.5 Å². The molecule has 3 aromatic rings. The number of anilines is 1. The minimum Gasteiger partial charge on any atom is -0.495 e. The summed E-state index contributed by atoms with van der Waals surface area (Å²) in [5, 5.41) is 16.2. The van der Waals surface area contributed by atoms with Crippen molar-refractivity contribution in [3.63, 3.8) is 0 Å². The molecule has 1 aliphatic carbocycles. The van der Waals surface area contributed by atoms with E-state index in [1.807, 2.05) is 0 Å². The third-order valence-corrected chi connectivity index (χ3v) is 6.40. The van der Waals surface area contributed by atoms with Gasteiger partial charge in [-0.05, 0) is 49.4 Å². The van der Waals surface area contributed by atoms with Crippen molar-refractivity contribution in [1.82, 2.24) is 10.3 Å². The number of benzene rings is 2. The number of para-hydroxylation sites is 1. The van der Waals surface area contributed by atoms with E-state index in [-0.39, 0.29) is 23.8 Å². The zero-order valence-electron chi connectivity index (χ0n) is 19.0. The molecule has 4 rings (SSSR count). The lowest BCUT2D eigenvalue weighted by molar-refractivity contribution is -0.141. The van der Waals surface area contributed by atoms with Crippen LogP contribution in [0.25, 0.3) is 10.9 Å². The number of methoxy groups -OCH3 is 1. The Morgan fingerprint density at radius 3 is 2.54 bits per heavy atom. The number of aliphatic hydroxyl groups is 1. The van der Waals surface area contributed by atoms with Crippen LogP contribution in [0.2, 0.25) is 5.02 Å². The third kappa shape index (κ3) is 5.62. The molecule has 1 fully saturated rings. The molecule has 2 aromatic carbocycles. The van der Waals surface area contributed by atoms with Crippen LogP contribution in [0.1, 0.15) is 47.3 Å². The molecular formula is C25H25ClF3N3O3. The van der Waals surface area contributed by atoms with Gasteiger partial charge < -0.3 is 20.5 Å². The van der Waals surface area contributed by atoms with E-state index < -0.39 is 29.4 Å². The predicted octanol–water partition coefficient (Wildman–Crippen LogP) is 5.56. The van der Waals surface area contributed by atoms with E-state index in [2.05, 4.69) is 15.6 Å². The lowest BCUT2D eigenvalue weighted by atomic mass is 9.92. The van der Waals surface area contributed by atoms with Crippen molar-refractivity contribution in [2.24, 2.45) is 0 Å². The fourth-order valence-corrected chi connectivity index (χ4v) is 4.59. The van der Waals surface area contributed by atoms with Crippen molar-refractivity contribution >= 4 is 34.1 Å². The van der Waals surface area contributed by atoms with Gasteiger partial charge in [-0.15, -0.1) is 0 Å². The summed E-state index contributed by atoms with van der Waals surface area (Å²) in [4.78, 5) is 17.1. The highest BCUT2D eigenvalue weighted by molar-refractivity contribution is 6.32. The largest absolute Gasteiger partial charge is 0.495 e. The second kappa shape index (κ2) is 10.3. The van der Waals surface area contributed by atoms with Crippen molar-refractivity contribution < 1.29 is 27.8 Å². The number of nitrogens with zero attached hydrogens (tertiary/aromatic N) is 1. The average molecular weight is 508 g/mol. The number of rotatable bonds is 6. The maximum atomic E-state index is 14.1. The Morgan fingerprint density at radius 1 is 1.17 bits per heavy atom. The van der Waals surface area contributed by atoms with Gasteiger partial charge in [-0.25, -0.2) is 4.98 Å². The van der Waals surface area contributed by atoms with E-state index in [9.17, 15) is 23.1 Å². The molecule has 1 saturated carbocycles. The summed E-state index contributed by atoms with van der Waals surface area (Å²) in [6, 6.07) is 11.1. The van der Waals surface area contributed by atoms with Gasteiger partial charge in [0.2, 0.25) is 0 Å².